The summed E-state index contributed by atoms with van der Waals surface area (Å²) in [5, 5.41) is 14.8. The SMILES string of the molecule is O=C(N[C@H]1CCO[C@H](CN2CCCCC2)[C@H]1O)c1cc2ccccc2s1. The largest absolute Gasteiger partial charge is 0.388 e. The molecule has 3 atom stereocenters. The lowest BCUT2D eigenvalue weighted by Crippen LogP contribution is -2.56. The summed E-state index contributed by atoms with van der Waals surface area (Å²) in [6, 6.07) is 9.66. The summed E-state index contributed by atoms with van der Waals surface area (Å²) in [5.74, 6) is -0.103. The quantitative estimate of drug-likeness (QED) is 0.864. The maximum absolute atomic E-state index is 12.7. The number of nitrogens with zero attached hydrogens (tertiary/aromatic N) is 1. The molecular weight excluding hydrogens is 348 g/mol. The number of piperidine rings is 1. The van der Waals surface area contributed by atoms with E-state index in [0.29, 0.717) is 17.9 Å². The maximum atomic E-state index is 12.7. The first-order valence-corrected chi connectivity index (χ1v) is 10.3. The van der Waals surface area contributed by atoms with Gasteiger partial charge >= 0.3 is 0 Å². The second kappa shape index (κ2) is 8.05. The van der Waals surface area contributed by atoms with Crippen LogP contribution in [0.5, 0.6) is 0 Å². The molecule has 0 saturated carbocycles. The number of ether oxygens (including phenoxy) is 1. The summed E-state index contributed by atoms with van der Waals surface area (Å²) in [4.78, 5) is 15.7. The van der Waals surface area contributed by atoms with Gasteiger partial charge in [0, 0.05) is 17.9 Å². The van der Waals surface area contributed by atoms with Crippen molar-refractivity contribution < 1.29 is 14.6 Å². The number of hydrogen-bond acceptors (Lipinski definition) is 5. The van der Waals surface area contributed by atoms with Crippen LogP contribution in [-0.2, 0) is 4.74 Å². The van der Waals surface area contributed by atoms with E-state index in [2.05, 4.69) is 10.2 Å². The lowest BCUT2D eigenvalue weighted by Gasteiger charge is -2.38. The van der Waals surface area contributed by atoms with Crippen molar-refractivity contribution in [3.8, 4) is 0 Å². The Bertz CT molecular complexity index is 723. The number of likely N-dealkylation sites (tertiary alicyclic amines) is 1. The second-order valence-electron chi connectivity index (χ2n) is 7.28. The van der Waals surface area contributed by atoms with E-state index in [4.69, 9.17) is 4.74 Å². The molecular formula is C20H26N2O3S. The van der Waals surface area contributed by atoms with Gasteiger partial charge in [-0.3, -0.25) is 4.79 Å². The van der Waals surface area contributed by atoms with Gasteiger partial charge in [0.05, 0.1) is 17.0 Å². The third-order valence-corrected chi connectivity index (χ3v) is 6.52. The van der Waals surface area contributed by atoms with Crippen LogP contribution in [0, 0.1) is 0 Å². The Morgan fingerprint density at radius 1 is 1.27 bits per heavy atom. The zero-order valence-electron chi connectivity index (χ0n) is 14.9. The predicted octanol–water partition coefficient (Wildman–Crippen LogP) is 2.64. The highest BCUT2D eigenvalue weighted by molar-refractivity contribution is 7.20. The molecule has 26 heavy (non-hydrogen) atoms. The van der Waals surface area contributed by atoms with Crippen molar-refractivity contribution in [1.29, 1.82) is 0 Å². The normalized spacial score (nSPS) is 27.5. The number of fused-ring (bicyclic) bond motifs is 1. The van der Waals surface area contributed by atoms with Gasteiger partial charge in [0.1, 0.15) is 6.10 Å². The van der Waals surface area contributed by atoms with E-state index >= 15 is 0 Å². The highest BCUT2D eigenvalue weighted by Gasteiger charge is 2.35. The lowest BCUT2D eigenvalue weighted by atomic mass is 9.98. The summed E-state index contributed by atoms with van der Waals surface area (Å²) in [5.41, 5.74) is 0. The zero-order valence-corrected chi connectivity index (χ0v) is 15.7. The van der Waals surface area contributed by atoms with Gasteiger partial charge in [0.15, 0.2) is 0 Å². The topological polar surface area (TPSA) is 61.8 Å². The Morgan fingerprint density at radius 2 is 2.08 bits per heavy atom. The lowest BCUT2D eigenvalue weighted by molar-refractivity contribution is -0.101. The molecule has 2 aromatic rings. The summed E-state index contributed by atoms with van der Waals surface area (Å²) in [6.45, 7) is 3.47. The van der Waals surface area contributed by atoms with E-state index in [1.807, 2.05) is 30.3 Å². The first kappa shape index (κ1) is 17.9. The van der Waals surface area contributed by atoms with Gasteiger partial charge in [0.25, 0.3) is 5.91 Å². The number of aliphatic hydroxyl groups excluding tert-OH is 1. The van der Waals surface area contributed by atoms with Crippen molar-refractivity contribution in [3.63, 3.8) is 0 Å². The third kappa shape index (κ3) is 3.93. The number of amides is 1. The first-order valence-electron chi connectivity index (χ1n) is 9.52. The van der Waals surface area contributed by atoms with E-state index < -0.39 is 6.10 Å². The minimum Gasteiger partial charge on any atom is -0.388 e. The molecule has 2 N–H and O–H groups in total. The van der Waals surface area contributed by atoms with E-state index in [1.54, 1.807) is 0 Å². The molecule has 0 aliphatic carbocycles. The van der Waals surface area contributed by atoms with Crippen LogP contribution < -0.4 is 5.32 Å². The average molecular weight is 375 g/mol. The number of carbonyl (C=O) groups is 1. The Kier molecular flexibility index (Phi) is 5.55. The van der Waals surface area contributed by atoms with E-state index in [-0.39, 0.29) is 18.1 Å². The molecule has 2 saturated heterocycles. The van der Waals surface area contributed by atoms with Crippen molar-refractivity contribution >= 4 is 27.3 Å². The molecule has 5 nitrogen and oxygen atoms in total. The van der Waals surface area contributed by atoms with Gasteiger partial charge in [0.2, 0.25) is 0 Å². The zero-order chi connectivity index (χ0) is 17.9. The number of thiophene rings is 1. The van der Waals surface area contributed by atoms with Crippen LogP contribution in [0.4, 0.5) is 0 Å². The number of hydrogen-bond donors (Lipinski definition) is 2. The molecule has 140 valence electrons. The predicted molar refractivity (Wildman–Crippen MR) is 104 cm³/mol. The molecule has 4 rings (SSSR count). The van der Waals surface area contributed by atoms with E-state index in [1.165, 1.54) is 30.6 Å². The highest BCUT2D eigenvalue weighted by atomic mass is 32.1. The average Bonchev–Trinajstić information content (AvgIpc) is 3.10. The fourth-order valence-corrected chi connectivity index (χ4v) is 4.89. The van der Waals surface area contributed by atoms with Gasteiger partial charge in [-0.05, 0) is 49.9 Å². The molecule has 3 heterocycles. The second-order valence-corrected chi connectivity index (χ2v) is 8.36. The molecule has 1 aromatic carbocycles. The molecule has 6 heteroatoms. The Balaban J connectivity index is 1.39. The minimum atomic E-state index is -0.663. The number of benzene rings is 1. The maximum Gasteiger partial charge on any atom is 0.261 e. The Labute approximate surface area is 158 Å². The molecule has 2 aliphatic heterocycles. The van der Waals surface area contributed by atoms with Crippen molar-refractivity contribution in [2.24, 2.45) is 0 Å². The smallest absolute Gasteiger partial charge is 0.261 e. The van der Waals surface area contributed by atoms with Crippen LogP contribution in [0.2, 0.25) is 0 Å². The molecule has 2 aliphatic rings. The van der Waals surface area contributed by atoms with Crippen LogP contribution in [-0.4, -0.2) is 60.4 Å². The number of carbonyl (C=O) groups excluding carboxylic acids is 1. The molecule has 2 fully saturated rings. The number of aliphatic hydroxyl groups is 1. The third-order valence-electron chi connectivity index (χ3n) is 5.41. The summed E-state index contributed by atoms with van der Waals surface area (Å²) >= 11 is 1.49. The van der Waals surface area contributed by atoms with Gasteiger partial charge in [-0.15, -0.1) is 11.3 Å². The number of nitrogens with one attached hydrogen (secondary N) is 1. The minimum absolute atomic E-state index is 0.103. The Morgan fingerprint density at radius 3 is 2.88 bits per heavy atom. The van der Waals surface area contributed by atoms with Crippen LogP contribution in [0.25, 0.3) is 10.1 Å². The molecule has 0 radical (unpaired) electrons. The van der Waals surface area contributed by atoms with Crippen LogP contribution >= 0.6 is 11.3 Å². The molecule has 1 amide bonds. The molecule has 1 aromatic heterocycles. The van der Waals surface area contributed by atoms with Crippen molar-refractivity contribution in [1.82, 2.24) is 10.2 Å². The van der Waals surface area contributed by atoms with Gasteiger partial charge in [-0.25, -0.2) is 0 Å². The molecule has 0 bridgehead atoms. The van der Waals surface area contributed by atoms with Crippen LogP contribution in [0.15, 0.2) is 30.3 Å². The van der Waals surface area contributed by atoms with Crippen LogP contribution in [0.3, 0.4) is 0 Å². The summed E-state index contributed by atoms with van der Waals surface area (Å²) in [6.07, 6.45) is 3.48. The van der Waals surface area contributed by atoms with E-state index in [0.717, 1.165) is 29.7 Å². The monoisotopic (exact) mass is 374 g/mol. The fourth-order valence-electron chi connectivity index (χ4n) is 3.92. The molecule has 0 spiro atoms. The highest BCUT2D eigenvalue weighted by Crippen LogP contribution is 2.26. The standard InChI is InChI=1S/C20H26N2O3S/c23-19-15(8-11-25-16(19)13-22-9-4-1-5-10-22)21-20(24)18-12-14-6-2-3-7-17(14)26-18/h2-3,6-7,12,15-16,19,23H,1,4-5,8-11,13H2,(H,21,24)/t15-,16+,19-/m0/s1. The number of rotatable bonds is 4. The van der Waals surface area contributed by atoms with Crippen molar-refractivity contribution in [2.45, 2.75) is 43.9 Å². The van der Waals surface area contributed by atoms with Gasteiger partial charge in [-0.1, -0.05) is 24.6 Å². The van der Waals surface area contributed by atoms with Gasteiger partial charge in [-0.2, -0.15) is 0 Å². The Hall–Kier alpha value is -1.47. The molecule has 0 unspecified atom stereocenters. The van der Waals surface area contributed by atoms with Crippen molar-refractivity contribution in [3.05, 3.63) is 35.2 Å². The summed E-state index contributed by atoms with van der Waals surface area (Å²) < 4.78 is 6.92. The van der Waals surface area contributed by atoms with Crippen molar-refractivity contribution in [2.75, 3.05) is 26.2 Å². The first-order chi connectivity index (χ1) is 12.7. The van der Waals surface area contributed by atoms with Gasteiger partial charge < -0.3 is 20.1 Å². The fraction of sp³-hybridized carbons (Fsp3) is 0.550. The van der Waals surface area contributed by atoms with E-state index in [9.17, 15) is 9.90 Å². The summed E-state index contributed by atoms with van der Waals surface area (Å²) in [7, 11) is 0. The van der Waals surface area contributed by atoms with Crippen LogP contribution in [0.1, 0.15) is 35.4 Å².